The standard InChI is InChI=1S/C30H60N2O4.2BrH/c1-5-7-9-11-13-15-17-19-25-35-29(33)27-31(3)21-23-32(4,24-22-31)28-30(34)36-26-20-18-16-14-12-10-8-6-2;;/h5-28H2,1-4H3;2*1H/q+2;;/p-2. The number of ether oxygens (including phenoxy) is 2. The van der Waals surface area contributed by atoms with Crippen molar-refractivity contribution in [3.05, 3.63) is 0 Å². The Hall–Kier alpha value is -0.180. The van der Waals surface area contributed by atoms with Crippen molar-refractivity contribution in [3.63, 3.8) is 0 Å². The van der Waals surface area contributed by atoms with E-state index in [1.54, 1.807) is 0 Å². The maximum absolute atomic E-state index is 12.4. The highest BCUT2D eigenvalue weighted by atomic mass is 79.9. The van der Waals surface area contributed by atoms with Crippen LogP contribution in [0, 0.1) is 0 Å². The van der Waals surface area contributed by atoms with Crippen molar-refractivity contribution in [3.8, 4) is 0 Å². The molecule has 0 saturated carbocycles. The maximum Gasteiger partial charge on any atom is 0.361 e. The molecule has 0 bridgehead atoms. The van der Waals surface area contributed by atoms with Crippen molar-refractivity contribution in [1.82, 2.24) is 0 Å². The summed E-state index contributed by atoms with van der Waals surface area (Å²) < 4.78 is 12.5. The van der Waals surface area contributed by atoms with Crippen LogP contribution in [0.3, 0.4) is 0 Å². The van der Waals surface area contributed by atoms with Gasteiger partial charge in [0.05, 0.1) is 27.3 Å². The highest BCUT2D eigenvalue weighted by Crippen LogP contribution is 2.17. The summed E-state index contributed by atoms with van der Waals surface area (Å²) in [5, 5.41) is 0. The van der Waals surface area contributed by atoms with Crippen LogP contribution in [0.15, 0.2) is 0 Å². The normalized spacial score (nSPS) is 20.7. The van der Waals surface area contributed by atoms with Crippen molar-refractivity contribution >= 4 is 11.9 Å². The van der Waals surface area contributed by atoms with Gasteiger partial charge in [-0.1, -0.05) is 104 Å². The number of halogens is 2. The van der Waals surface area contributed by atoms with E-state index in [9.17, 15) is 9.59 Å². The maximum atomic E-state index is 12.4. The van der Waals surface area contributed by atoms with Crippen LogP contribution < -0.4 is 34.0 Å². The van der Waals surface area contributed by atoms with Gasteiger partial charge < -0.3 is 52.4 Å². The van der Waals surface area contributed by atoms with E-state index in [1.807, 2.05) is 0 Å². The molecule has 1 fully saturated rings. The van der Waals surface area contributed by atoms with Crippen molar-refractivity contribution < 1.29 is 62.0 Å². The molecule has 0 amide bonds. The summed E-state index contributed by atoms with van der Waals surface area (Å²) in [5.74, 6) is -0.164. The smallest absolute Gasteiger partial charge is 0.361 e. The molecule has 6 nitrogen and oxygen atoms in total. The van der Waals surface area contributed by atoms with Gasteiger partial charge in [-0.15, -0.1) is 0 Å². The molecule has 0 atom stereocenters. The quantitative estimate of drug-likeness (QED) is 0.0943. The predicted molar refractivity (Wildman–Crippen MR) is 149 cm³/mol. The van der Waals surface area contributed by atoms with Crippen LogP contribution in [-0.2, 0) is 19.1 Å². The van der Waals surface area contributed by atoms with Crippen LogP contribution in [0.4, 0.5) is 0 Å². The first kappa shape index (κ1) is 40.0. The summed E-state index contributed by atoms with van der Waals surface area (Å²) in [6, 6.07) is 0. The topological polar surface area (TPSA) is 52.6 Å². The lowest BCUT2D eigenvalue weighted by Gasteiger charge is -2.45. The molecule has 1 saturated heterocycles. The van der Waals surface area contributed by atoms with E-state index < -0.39 is 0 Å². The van der Waals surface area contributed by atoms with Gasteiger partial charge in [-0.05, 0) is 12.8 Å². The molecule has 0 spiro atoms. The lowest BCUT2D eigenvalue weighted by atomic mass is 10.1. The highest BCUT2D eigenvalue weighted by molar-refractivity contribution is 5.71. The fraction of sp³-hybridized carbons (Fsp3) is 0.933. The minimum Gasteiger partial charge on any atom is -1.00 e. The fourth-order valence-corrected chi connectivity index (χ4v) is 5.06. The van der Waals surface area contributed by atoms with E-state index >= 15 is 0 Å². The van der Waals surface area contributed by atoms with Gasteiger partial charge in [0, 0.05) is 0 Å². The Balaban J connectivity index is 0. The average molecular weight is 673 g/mol. The second-order valence-corrected chi connectivity index (χ2v) is 11.8. The van der Waals surface area contributed by atoms with E-state index in [2.05, 4.69) is 27.9 Å². The number of rotatable bonds is 22. The van der Waals surface area contributed by atoms with Crippen molar-refractivity contribution in [2.45, 2.75) is 117 Å². The first-order valence-electron chi connectivity index (χ1n) is 15.3. The molecular weight excluding hydrogens is 612 g/mol. The second-order valence-electron chi connectivity index (χ2n) is 11.8. The number of hydrogen-bond acceptors (Lipinski definition) is 4. The summed E-state index contributed by atoms with van der Waals surface area (Å²) >= 11 is 0. The molecule has 0 aliphatic carbocycles. The SMILES string of the molecule is CCCCCCCCCCOC(=O)C[N+]1(C)CC[N+](C)(CC(=O)OCCCCCCCCCC)CC1.[Br-].[Br-]. The van der Waals surface area contributed by atoms with Gasteiger partial charge >= 0.3 is 11.9 Å². The molecule has 1 rings (SSSR count). The molecular formula is C30H60Br2N2O4. The highest BCUT2D eigenvalue weighted by Gasteiger charge is 2.40. The van der Waals surface area contributed by atoms with Crippen molar-refractivity contribution in [2.75, 3.05) is 66.6 Å². The van der Waals surface area contributed by atoms with Gasteiger partial charge in [0.25, 0.3) is 0 Å². The number of piperazine rings is 1. The number of likely N-dealkylation sites (N-methyl/N-ethyl adjacent to an activating group) is 2. The number of unbranched alkanes of at least 4 members (excludes halogenated alkanes) is 14. The number of carbonyl (C=O) groups excluding carboxylic acids is 2. The zero-order chi connectivity index (χ0) is 26.5. The van der Waals surface area contributed by atoms with Gasteiger partial charge in [0.15, 0.2) is 13.1 Å². The van der Waals surface area contributed by atoms with Gasteiger partial charge in [0.2, 0.25) is 0 Å². The third-order valence-corrected chi connectivity index (χ3v) is 7.90. The third-order valence-electron chi connectivity index (χ3n) is 7.90. The second kappa shape index (κ2) is 24.6. The minimum absolute atomic E-state index is 0. The van der Waals surface area contributed by atoms with Gasteiger partial charge in [0.1, 0.15) is 26.2 Å². The summed E-state index contributed by atoms with van der Waals surface area (Å²) in [5.41, 5.74) is 0. The number of hydrogen-bond donors (Lipinski definition) is 0. The molecule has 0 aromatic rings. The average Bonchev–Trinajstić information content (AvgIpc) is 2.84. The van der Waals surface area contributed by atoms with Crippen LogP contribution in [-0.4, -0.2) is 87.5 Å². The number of nitrogens with zero attached hydrogens (tertiary/aromatic N) is 2. The Morgan fingerprint density at radius 3 is 1.05 bits per heavy atom. The molecule has 1 aliphatic rings. The van der Waals surface area contributed by atoms with E-state index in [1.165, 1.54) is 77.0 Å². The monoisotopic (exact) mass is 670 g/mol. The molecule has 0 aromatic heterocycles. The molecule has 0 unspecified atom stereocenters. The van der Waals surface area contributed by atoms with Crippen LogP contribution in [0.5, 0.6) is 0 Å². The van der Waals surface area contributed by atoms with Crippen LogP contribution in [0.2, 0.25) is 0 Å². The summed E-state index contributed by atoms with van der Waals surface area (Å²) in [4.78, 5) is 24.8. The predicted octanol–water partition coefficient (Wildman–Crippen LogP) is 0.269. The fourth-order valence-electron chi connectivity index (χ4n) is 5.06. The van der Waals surface area contributed by atoms with E-state index in [-0.39, 0.29) is 45.9 Å². The molecule has 38 heavy (non-hydrogen) atoms. The molecule has 8 heteroatoms. The number of quaternary nitrogens is 2. The number of esters is 2. The van der Waals surface area contributed by atoms with E-state index in [0.29, 0.717) is 35.3 Å². The Morgan fingerprint density at radius 2 is 0.763 bits per heavy atom. The summed E-state index contributed by atoms with van der Waals surface area (Å²) in [6.45, 7) is 9.98. The van der Waals surface area contributed by atoms with Gasteiger partial charge in [-0.3, -0.25) is 0 Å². The zero-order valence-corrected chi connectivity index (χ0v) is 28.4. The van der Waals surface area contributed by atoms with E-state index in [4.69, 9.17) is 9.47 Å². The van der Waals surface area contributed by atoms with E-state index in [0.717, 1.165) is 51.9 Å². The Kier molecular flexibility index (Phi) is 25.9. The van der Waals surface area contributed by atoms with Crippen LogP contribution >= 0.6 is 0 Å². The first-order valence-corrected chi connectivity index (χ1v) is 15.3. The van der Waals surface area contributed by atoms with Gasteiger partial charge in [-0.2, -0.15) is 0 Å². The molecule has 0 N–H and O–H groups in total. The third kappa shape index (κ3) is 20.7. The first-order chi connectivity index (χ1) is 17.3. The Morgan fingerprint density at radius 1 is 0.500 bits per heavy atom. The zero-order valence-electron chi connectivity index (χ0n) is 25.3. The summed E-state index contributed by atoms with van der Waals surface area (Å²) in [7, 11) is 4.28. The molecule has 0 aromatic carbocycles. The van der Waals surface area contributed by atoms with Crippen LogP contribution in [0.25, 0.3) is 0 Å². The van der Waals surface area contributed by atoms with Crippen molar-refractivity contribution in [2.24, 2.45) is 0 Å². The number of carbonyl (C=O) groups is 2. The van der Waals surface area contributed by atoms with Crippen molar-refractivity contribution in [1.29, 1.82) is 0 Å². The largest absolute Gasteiger partial charge is 1.00 e. The lowest BCUT2D eigenvalue weighted by molar-refractivity contribution is -1.01. The Bertz CT molecular complexity index is 535. The molecule has 228 valence electrons. The minimum atomic E-state index is -0.0821. The van der Waals surface area contributed by atoms with Crippen LogP contribution in [0.1, 0.15) is 117 Å². The lowest BCUT2D eigenvalue weighted by Crippen LogP contribution is -3.00. The Labute approximate surface area is 256 Å². The molecule has 1 heterocycles. The summed E-state index contributed by atoms with van der Waals surface area (Å²) in [6.07, 6.45) is 19.9. The van der Waals surface area contributed by atoms with Gasteiger partial charge in [-0.25, -0.2) is 9.59 Å². The molecule has 1 aliphatic heterocycles. The molecule has 0 radical (unpaired) electrons.